The minimum Gasteiger partial charge on any atom is -0.371 e. The highest BCUT2D eigenvalue weighted by Gasteiger charge is 2.18. The summed E-state index contributed by atoms with van der Waals surface area (Å²) in [6.07, 6.45) is 3.57. The molecule has 0 aliphatic carbocycles. The summed E-state index contributed by atoms with van der Waals surface area (Å²) in [6.45, 7) is 8.88. The molecule has 74 valence electrons. The molecule has 2 heterocycles. The maximum atomic E-state index is 11.2. The Kier molecular flexibility index (Phi) is 2.55. The van der Waals surface area contributed by atoms with E-state index in [1.165, 1.54) is 18.0 Å². The van der Waals surface area contributed by atoms with E-state index < -0.39 is 0 Å². The lowest BCUT2D eigenvalue weighted by Gasteiger charge is -2.27. The first-order valence-corrected chi connectivity index (χ1v) is 5.48. The normalized spacial score (nSPS) is 16.6. The molecule has 5 heteroatoms. The minimum atomic E-state index is -0.245. The molecule has 1 fully saturated rings. The van der Waals surface area contributed by atoms with Crippen LogP contribution in [0.4, 0.5) is 10.7 Å². The monoisotopic (exact) mass is 209 g/mol. The van der Waals surface area contributed by atoms with Crippen LogP contribution in [0, 0.1) is 6.57 Å². The molecule has 1 aliphatic rings. The minimum absolute atomic E-state index is 0.245. The highest BCUT2D eigenvalue weighted by Crippen LogP contribution is 2.31. The van der Waals surface area contributed by atoms with Crippen molar-refractivity contribution in [1.82, 2.24) is 4.37 Å². The maximum Gasteiger partial charge on any atom is 0.285 e. The van der Waals surface area contributed by atoms with E-state index in [2.05, 4.69) is 14.1 Å². The third-order valence-electron chi connectivity index (χ3n) is 2.41. The summed E-state index contributed by atoms with van der Waals surface area (Å²) in [5.74, 6) is 0. The lowest BCUT2D eigenvalue weighted by Crippen LogP contribution is -2.28. The number of nitrogens with one attached hydrogen (secondary N) is 1. The molecule has 14 heavy (non-hydrogen) atoms. The van der Waals surface area contributed by atoms with Crippen LogP contribution in [0.15, 0.2) is 4.79 Å². The molecule has 0 unspecified atom stereocenters. The second-order valence-corrected chi connectivity index (χ2v) is 4.14. The number of nitrogens with zero attached hydrogens (tertiary/aromatic N) is 2. The highest BCUT2D eigenvalue weighted by molar-refractivity contribution is 7.10. The fourth-order valence-corrected chi connectivity index (χ4v) is 2.53. The molecule has 1 aromatic rings. The van der Waals surface area contributed by atoms with E-state index >= 15 is 0 Å². The van der Waals surface area contributed by atoms with Gasteiger partial charge in [0.25, 0.3) is 11.2 Å². The van der Waals surface area contributed by atoms with Crippen molar-refractivity contribution in [2.24, 2.45) is 0 Å². The van der Waals surface area contributed by atoms with E-state index in [1.54, 1.807) is 0 Å². The van der Waals surface area contributed by atoms with Gasteiger partial charge in [0, 0.05) is 13.1 Å². The van der Waals surface area contributed by atoms with Crippen LogP contribution in [0.5, 0.6) is 0 Å². The fourth-order valence-electron chi connectivity index (χ4n) is 1.70. The van der Waals surface area contributed by atoms with Crippen LogP contribution in [0.1, 0.15) is 19.3 Å². The van der Waals surface area contributed by atoms with Gasteiger partial charge in [0.15, 0.2) is 0 Å². The first kappa shape index (κ1) is 9.28. The number of piperidine rings is 1. The fraction of sp³-hybridized carbons (Fsp3) is 0.556. The lowest BCUT2D eigenvalue weighted by molar-refractivity contribution is 0.581. The van der Waals surface area contributed by atoms with Gasteiger partial charge in [0.05, 0.1) is 6.57 Å². The zero-order valence-electron chi connectivity index (χ0n) is 7.75. The Morgan fingerprint density at radius 2 is 2.07 bits per heavy atom. The summed E-state index contributed by atoms with van der Waals surface area (Å²) >= 11 is 1.28. The zero-order chi connectivity index (χ0) is 9.97. The summed E-state index contributed by atoms with van der Waals surface area (Å²) in [7, 11) is 0. The Morgan fingerprint density at radius 3 is 2.71 bits per heavy atom. The maximum absolute atomic E-state index is 11.2. The molecule has 1 aliphatic heterocycles. The molecule has 1 aromatic heterocycles. The van der Waals surface area contributed by atoms with Crippen LogP contribution < -0.4 is 10.5 Å². The molecule has 0 spiro atoms. The highest BCUT2D eigenvalue weighted by atomic mass is 32.1. The molecule has 0 bridgehead atoms. The molecule has 2 rings (SSSR count). The molecule has 4 nitrogen and oxygen atoms in total. The second kappa shape index (κ2) is 3.84. The van der Waals surface area contributed by atoms with Crippen molar-refractivity contribution in [3.05, 3.63) is 21.8 Å². The van der Waals surface area contributed by atoms with Gasteiger partial charge in [-0.1, -0.05) is 11.5 Å². The molecule has 0 aromatic carbocycles. The lowest BCUT2D eigenvalue weighted by atomic mass is 10.1. The largest absolute Gasteiger partial charge is 0.371 e. The Hall–Kier alpha value is -1.28. The summed E-state index contributed by atoms with van der Waals surface area (Å²) < 4.78 is 2.62. The van der Waals surface area contributed by atoms with Crippen molar-refractivity contribution in [2.75, 3.05) is 18.0 Å². The van der Waals surface area contributed by atoms with Crippen LogP contribution >= 0.6 is 11.5 Å². The van der Waals surface area contributed by atoms with E-state index in [0.29, 0.717) is 0 Å². The van der Waals surface area contributed by atoms with Gasteiger partial charge >= 0.3 is 0 Å². The standard InChI is InChI=1S/C9H11N3OS/c1-10-7-8(13)11-14-9(7)12-5-3-2-4-6-12/h2-6H2,(H,11,13). The molecule has 0 atom stereocenters. The average molecular weight is 209 g/mol. The van der Waals surface area contributed by atoms with Gasteiger partial charge in [-0.2, -0.15) is 0 Å². The Balaban J connectivity index is 2.31. The van der Waals surface area contributed by atoms with Gasteiger partial charge in [-0.25, -0.2) is 4.85 Å². The quantitative estimate of drug-likeness (QED) is 0.718. The van der Waals surface area contributed by atoms with Gasteiger partial charge in [0.2, 0.25) is 0 Å². The number of hydrogen-bond acceptors (Lipinski definition) is 3. The number of H-pyrrole nitrogens is 1. The van der Waals surface area contributed by atoms with Crippen LogP contribution in [-0.2, 0) is 0 Å². The number of aromatic amines is 1. The predicted octanol–water partition coefficient (Wildman–Crippen LogP) is 1.98. The van der Waals surface area contributed by atoms with Crippen molar-refractivity contribution in [1.29, 1.82) is 0 Å². The summed E-state index contributed by atoms with van der Waals surface area (Å²) in [6, 6.07) is 0. The third-order valence-corrected chi connectivity index (χ3v) is 3.35. The van der Waals surface area contributed by atoms with Crippen LogP contribution in [0.3, 0.4) is 0 Å². The molecule has 0 radical (unpaired) electrons. The van der Waals surface area contributed by atoms with Gasteiger partial charge in [0.1, 0.15) is 5.00 Å². The van der Waals surface area contributed by atoms with Gasteiger partial charge in [-0.15, -0.1) is 0 Å². The van der Waals surface area contributed by atoms with Crippen molar-refractivity contribution in [3.63, 3.8) is 0 Å². The van der Waals surface area contributed by atoms with E-state index in [9.17, 15) is 4.79 Å². The second-order valence-electron chi connectivity index (χ2n) is 3.35. The Labute approximate surface area is 86.1 Å². The molecular weight excluding hydrogens is 198 g/mol. The summed E-state index contributed by atoms with van der Waals surface area (Å²) in [5.41, 5.74) is 0.0162. The van der Waals surface area contributed by atoms with E-state index in [-0.39, 0.29) is 11.2 Å². The molecular formula is C9H11N3OS. The third kappa shape index (κ3) is 1.53. The molecule has 1 saturated heterocycles. The summed E-state index contributed by atoms with van der Waals surface area (Å²) in [4.78, 5) is 16.6. The van der Waals surface area contributed by atoms with E-state index in [0.717, 1.165) is 30.9 Å². The number of hydrogen-bond donors (Lipinski definition) is 1. The van der Waals surface area contributed by atoms with Crippen molar-refractivity contribution >= 4 is 22.2 Å². The first-order valence-electron chi connectivity index (χ1n) is 4.67. The van der Waals surface area contributed by atoms with Gasteiger partial charge in [-0.05, 0) is 19.3 Å². The molecule has 0 saturated carbocycles. The Morgan fingerprint density at radius 1 is 1.36 bits per heavy atom. The predicted molar refractivity (Wildman–Crippen MR) is 57.3 cm³/mol. The Bertz CT molecular complexity index is 408. The molecule has 0 amide bonds. The smallest absolute Gasteiger partial charge is 0.285 e. The van der Waals surface area contributed by atoms with Crippen LogP contribution in [0.25, 0.3) is 4.85 Å². The van der Waals surface area contributed by atoms with Crippen LogP contribution in [-0.4, -0.2) is 17.5 Å². The van der Waals surface area contributed by atoms with Gasteiger partial charge < -0.3 is 4.90 Å². The van der Waals surface area contributed by atoms with Crippen LogP contribution in [0.2, 0.25) is 0 Å². The van der Waals surface area contributed by atoms with E-state index in [1.807, 2.05) is 0 Å². The molecule has 1 N–H and O–H groups in total. The number of rotatable bonds is 1. The topological polar surface area (TPSA) is 40.5 Å². The zero-order valence-corrected chi connectivity index (χ0v) is 8.56. The number of anilines is 1. The van der Waals surface area contributed by atoms with Crippen molar-refractivity contribution < 1.29 is 0 Å². The van der Waals surface area contributed by atoms with Gasteiger partial charge in [-0.3, -0.25) is 9.17 Å². The first-order chi connectivity index (χ1) is 6.83. The van der Waals surface area contributed by atoms with E-state index in [4.69, 9.17) is 6.57 Å². The SMILES string of the molecule is [C-]#[N+]c1c(N2CCCCC2)s[nH]c1=O. The number of aromatic nitrogens is 1. The van der Waals surface area contributed by atoms with Crippen molar-refractivity contribution in [2.45, 2.75) is 19.3 Å². The average Bonchev–Trinajstić information content (AvgIpc) is 2.61. The van der Waals surface area contributed by atoms with Crippen molar-refractivity contribution in [3.8, 4) is 0 Å². The summed E-state index contributed by atoms with van der Waals surface area (Å²) in [5, 5.41) is 0.824.